The van der Waals surface area contributed by atoms with E-state index in [0.717, 1.165) is 24.8 Å². The second-order valence-corrected chi connectivity index (χ2v) is 10.9. The van der Waals surface area contributed by atoms with Crippen LogP contribution >= 0.6 is 0 Å². The molecule has 1 heterocycles. The maximum absolute atomic E-state index is 13.6. The van der Waals surface area contributed by atoms with Crippen molar-refractivity contribution in [2.45, 2.75) is 43.5 Å². The van der Waals surface area contributed by atoms with Gasteiger partial charge in [0.2, 0.25) is 15.9 Å². The van der Waals surface area contributed by atoms with Gasteiger partial charge in [0.1, 0.15) is 11.8 Å². The lowest BCUT2D eigenvalue weighted by Gasteiger charge is -2.34. The molecule has 0 aliphatic carbocycles. The van der Waals surface area contributed by atoms with Gasteiger partial charge in [-0.15, -0.1) is 0 Å². The van der Waals surface area contributed by atoms with E-state index in [4.69, 9.17) is 4.74 Å². The van der Waals surface area contributed by atoms with Crippen LogP contribution in [0.25, 0.3) is 0 Å². The van der Waals surface area contributed by atoms with E-state index in [1.165, 1.54) is 17.7 Å². The fraction of sp³-hybridized carbons (Fsp3) is 0.345. The molecule has 3 aromatic carbocycles. The van der Waals surface area contributed by atoms with Crippen LogP contribution in [0.1, 0.15) is 30.9 Å². The summed E-state index contributed by atoms with van der Waals surface area (Å²) in [6.07, 6.45) is 3.11. The molecule has 1 atom stereocenters. The SMILES string of the molecule is CCOc1ccc(S(=O)(=O)NC(Cc2ccccc2)C(=O)N2CCC(Cc3ccccc3)CC2)cc1. The predicted octanol–water partition coefficient (Wildman–Crippen LogP) is 4.46. The van der Waals surface area contributed by atoms with Crippen LogP contribution in [0, 0.1) is 5.92 Å². The molecule has 1 N–H and O–H groups in total. The molecular weight excluding hydrogens is 472 g/mol. The minimum absolute atomic E-state index is 0.110. The van der Waals surface area contributed by atoms with Gasteiger partial charge in [0.15, 0.2) is 0 Å². The van der Waals surface area contributed by atoms with Gasteiger partial charge in [-0.2, -0.15) is 4.72 Å². The second kappa shape index (κ2) is 12.2. The van der Waals surface area contributed by atoms with E-state index >= 15 is 0 Å². The van der Waals surface area contributed by atoms with Gasteiger partial charge in [0.25, 0.3) is 0 Å². The zero-order valence-corrected chi connectivity index (χ0v) is 21.5. The van der Waals surface area contributed by atoms with Gasteiger partial charge in [0, 0.05) is 13.1 Å². The van der Waals surface area contributed by atoms with Crippen molar-refractivity contribution in [2.24, 2.45) is 5.92 Å². The molecule has 0 spiro atoms. The number of rotatable bonds is 10. The minimum atomic E-state index is -3.90. The van der Waals surface area contributed by atoms with Crippen LogP contribution in [0.4, 0.5) is 0 Å². The molecule has 1 saturated heterocycles. The maximum atomic E-state index is 13.6. The van der Waals surface area contributed by atoms with Crippen molar-refractivity contribution in [1.82, 2.24) is 9.62 Å². The highest BCUT2D eigenvalue weighted by Crippen LogP contribution is 2.23. The zero-order chi connectivity index (χ0) is 25.4. The Morgan fingerprint density at radius 3 is 2.08 bits per heavy atom. The van der Waals surface area contributed by atoms with E-state index in [2.05, 4.69) is 29.0 Å². The van der Waals surface area contributed by atoms with Crippen LogP contribution in [0.2, 0.25) is 0 Å². The van der Waals surface area contributed by atoms with Crippen molar-refractivity contribution in [3.05, 3.63) is 96.1 Å². The number of carbonyl (C=O) groups excluding carboxylic acids is 1. The van der Waals surface area contributed by atoms with Crippen LogP contribution in [0.15, 0.2) is 89.8 Å². The average Bonchev–Trinajstić information content (AvgIpc) is 2.90. The number of carbonyl (C=O) groups is 1. The molecule has 4 rings (SSSR count). The quantitative estimate of drug-likeness (QED) is 0.441. The molecule has 36 heavy (non-hydrogen) atoms. The highest BCUT2D eigenvalue weighted by Gasteiger charge is 2.32. The topological polar surface area (TPSA) is 75.7 Å². The lowest BCUT2D eigenvalue weighted by atomic mass is 9.90. The van der Waals surface area contributed by atoms with Crippen LogP contribution in [0.5, 0.6) is 5.75 Å². The first kappa shape index (κ1) is 25.9. The Kier molecular flexibility index (Phi) is 8.78. The maximum Gasteiger partial charge on any atom is 0.241 e. The molecule has 0 radical (unpaired) electrons. The van der Waals surface area contributed by atoms with Crippen molar-refractivity contribution in [3.63, 3.8) is 0 Å². The molecular formula is C29H34N2O4S. The van der Waals surface area contributed by atoms with Crippen molar-refractivity contribution < 1.29 is 17.9 Å². The van der Waals surface area contributed by atoms with E-state index in [-0.39, 0.29) is 10.8 Å². The summed E-state index contributed by atoms with van der Waals surface area (Å²) in [6.45, 7) is 3.63. The Hall–Kier alpha value is -3.16. The molecule has 1 unspecified atom stereocenters. The van der Waals surface area contributed by atoms with Gasteiger partial charge in [-0.3, -0.25) is 4.79 Å². The van der Waals surface area contributed by atoms with Crippen LogP contribution in [-0.2, 0) is 27.7 Å². The summed E-state index contributed by atoms with van der Waals surface area (Å²) in [5.41, 5.74) is 2.22. The summed E-state index contributed by atoms with van der Waals surface area (Å²) in [7, 11) is -3.90. The minimum Gasteiger partial charge on any atom is -0.494 e. The Bertz CT molecular complexity index is 1210. The monoisotopic (exact) mass is 506 g/mol. The van der Waals surface area contributed by atoms with Crippen molar-refractivity contribution in [1.29, 1.82) is 0 Å². The van der Waals surface area contributed by atoms with Crippen molar-refractivity contribution in [2.75, 3.05) is 19.7 Å². The lowest BCUT2D eigenvalue weighted by Crippen LogP contribution is -2.51. The van der Waals surface area contributed by atoms with Gasteiger partial charge < -0.3 is 9.64 Å². The van der Waals surface area contributed by atoms with E-state index in [1.807, 2.05) is 48.2 Å². The first-order chi connectivity index (χ1) is 17.4. The van der Waals surface area contributed by atoms with E-state index < -0.39 is 16.1 Å². The molecule has 0 aromatic heterocycles. The number of nitrogens with zero attached hydrogens (tertiary/aromatic N) is 1. The third-order valence-electron chi connectivity index (χ3n) is 6.62. The van der Waals surface area contributed by atoms with Crippen LogP contribution in [-0.4, -0.2) is 45.0 Å². The Morgan fingerprint density at radius 1 is 0.917 bits per heavy atom. The first-order valence-corrected chi connectivity index (χ1v) is 14.0. The summed E-state index contributed by atoms with van der Waals surface area (Å²) in [4.78, 5) is 15.5. The number of amides is 1. The highest BCUT2D eigenvalue weighted by atomic mass is 32.2. The summed E-state index contributed by atoms with van der Waals surface area (Å²) in [5.74, 6) is 0.947. The molecule has 190 valence electrons. The third-order valence-corrected chi connectivity index (χ3v) is 8.10. The van der Waals surface area contributed by atoms with E-state index in [0.29, 0.717) is 37.8 Å². The lowest BCUT2D eigenvalue weighted by molar-refractivity contribution is -0.134. The molecule has 1 aliphatic heterocycles. The molecule has 3 aromatic rings. The summed E-state index contributed by atoms with van der Waals surface area (Å²) < 4.78 is 34.6. The third kappa shape index (κ3) is 6.95. The van der Waals surface area contributed by atoms with Gasteiger partial charge in [0.05, 0.1) is 11.5 Å². The largest absolute Gasteiger partial charge is 0.494 e. The summed E-state index contributed by atoms with van der Waals surface area (Å²) >= 11 is 0. The summed E-state index contributed by atoms with van der Waals surface area (Å²) in [5, 5.41) is 0. The van der Waals surface area contributed by atoms with E-state index in [9.17, 15) is 13.2 Å². The molecule has 0 bridgehead atoms. The normalized spacial score (nSPS) is 15.4. The fourth-order valence-electron chi connectivity index (χ4n) is 4.69. The second-order valence-electron chi connectivity index (χ2n) is 9.23. The molecule has 6 nitrogen and oxygen atoms in total. The van der Waals surface area contributed by atoms with Crippen molar-refractivity contribution in [3.8, 4) is 5.75 Å². The molecule has 7 heteroatoms. The smallest absolute Gasteiger partial charge is 0.241 e. The molecule has 1 amide bonds. The molecule has 1 fully saturated rings. The predicted molar refractivity (Wildman–Crippen MR) is 141 cm³/mol. The van der Waals surface area contributed by atoms with Crippen LogP contribution in [0.3, 0.4) is 0 Å². The number of piperidine rings is 1. The average molecular weight is 507 g/mol. The molecule has 1 aliphatic rings. The number of benzene rings is 3. The fourth-order valence-corrected chi connectivity index (χ4v) is 5.88. The van der Waals surface area contributed by atoms with Gasteiger partial charge in [-0.25, -0.2) is 8.42 Å². The first-order valence-electron chi connectivity index (χ1n) is 12.6. The zero-order valence-electron chi connectivity index (χ0n) is 20.7. The number of sulfonamides is 1. The van der Waals surface area contributed by atoms with Gasteiger partial charge in [-0.1, -0.05) is 60.7 Å². The number of ether oxygens (including phenoxy) is 1. The standard InChI is InChI=1S/C29H34N2O4S/c1-2-35-26-13-15-27(16-14-26)36(33,34)30-28(22-24-11-7-4-8-12-24)29(32)31-19-17-25(18-20-31)21-23-9-5-3-6-10-23/h3-16,25,28,30H,2,17-22H2,1H3. The molecule has 0 saturated carbocycles. The van der Waals surface area contributed by atoms with Crippen LogP contribution < -0.4 is 9.46 Å². The van der Waals surface area contributed by atoms with Gasteiger partial charge in [-0.05, 0) is 73.9 Å². The number of nitrogens with one attached hydrogen (secondary N) is 1. The van der Waals surface area contributed by atoms with Crippen molar-refractivity contribution >= 4 is 15.9 Å². The number of hydrogen-bond donors (Lipinski definition) is 1. The number of likely N-dealkylation sites (tertiary alicyclic amines) is 1. The Morgan fingerprint density at radius 2 is 1.50 bits per heavy atom. The van der Waals surface area contributed by atoms with Gasteiger partial charge >= 0.3 is 0 Å². The Labute approximate surface area is 214 Å². The van der Waals surface area contributed by atoms with E-state index in [1.54, 1.807) is 12.1 Å². The summed E-state index contributed by atoms with van der Waals surface area (Å²) in [6, 6.07) is 25.3. The Balaban J connectivity index is 1.46. The highest BCUT2D eigenvalue weighted by molar-refractivity contribution is 7.89. The number of hydrogen-bond acceptors (Lipinski definition) is 4.